The molecule has 1 atom stereocenters. The molecule has 6 heteroatoms. The summed E-state index contributed by atoms with van der Waals surface area (Å²) in [6, 6.07) is 1.63. The highest BCUT2D eigenvalue weighted by molar-refractivity contribution is 5.30. The highest BCUT2D eigenvalue weighted by Gasteiger charge is 2.44. The standard InChI is InChI=1S/C9H11F2N3O/c10-9(11)6-14(5-2-7(9)15)8-12-3-1-4-13-8/h1,3-4,7,15H,2,5-6H2. The fourth-order valence-electron chi connectivity index (χ4n) is 1.55. The molecule has 82 valence electrons. The van der Waals surface area contributed by atoms with E-state index in [9.17, 15) is 8.78 Å². The molecular formula is C9H11F2N3O. The fraction of sp³-hybridized carbons (Fsp3) is 0.556. The summed E-state index contributed by atoms with van der Waals surface area (Å²) in [6.07, 6.45) is 1.49. The first-order valence-electron chi connectivity index (χ1n) is 4.67. The highest BCUT2D eigenvalue weighted by atomic mass is 19.3. The van der Waals surface area contributed by atoms with Crippen molar-refractivity contribution < 1.29 is 13.9 Å². The molecule has 1 aliphatic heterocycles. The first-order chi connectivity index (χ1) is 7.09. The second-order valence-corrected chi connectivity index (χ2v) is 3.54. The van der Waals surface area contributed by atoms with Crippen molar-refractivity contribution in [1.29, 1.82) is 0 Å². The Hall–Kier alpha value is -1.30. The Balaban J connectivity index is 2.14. The number of anilines is 1. The van der Waals surface area contributed by atoms with Gasteiger partial charge in [-0.05, 0) is 12.5 Å². The summed E-state index contributed by atoms with van der Waals surface area (Å²) in [7, 11) is 0. The molecule has 15 heavy (non-hydrogen) atoms. The number of aromatic nitrogens is 2. The van der Waals surface area contributed by atoms with Gasteiger partial charge < -0.3 is 10.0 Å². The van der Waals surface area contributed by atoms with Crippen LogP contribution in [0.1, 0.15) is 6.42 Å². The molecule has 0 aliphatic carbocycles. The van der Waals surface area contributed by atoms with Crippen molar-refractivity contribution in [2.24, 2.45) is 0 Å². The average molecular weight is 215 g/mol. The summed E-state index contributed by atoms with van der Waals surface area (Å²) in [5.41, 5.74) is 0. The molecule has 0 aromatic carbocycles. The number of aliphatic hydroxyl groups is 1. The fourth-order valence-corrected chi connectivity index (χ4v) is 1.55. The van der Waals surface area contributed by atoms with Gasteiger partial charge in [0.15, 0.2) is 0 Å². The van der Waals surface area contributed by atoms with Gasteiger partial charge in [-0.1, -0.05) is 0 Å². The number of hydrogen-bond donors (Lipinski definition) is 1. The van der Waals surface area contributed by atoms with Crippen LogP contribution in [0.25, 0.3) is 0 Å². The zero-order valence-corrected chi connectivity index (χ0v) is 7.98. The average Bonchev–Trinajstić information content (AvgIpc) is 2.23. The van der Waals surface area contributed by atoms with Crippen LogP contribution in [0.4, 0.5) is 14.7 Å². The Morgan fingerprint density at radius 1 is 1.40 bits per heavy atom. The topological polar surface area (TPSA) is 49.2 Å². The second kappa shape index (κ2) is 3.69. The van der Waals surface area contributed by atoms with Crippen LogP contribution in [0.3, 0.4) is 0 Å². The van der Waals surface area contributed by atoms with Crippen LogP contribution in [0.15, 0.2) is 18.5 Å². The molecule has 1 saturated heterocycles. The largest absolute Gasteiger partial charge is 0.387 e. The normalized spacial score (nSPS) is 25.3. The summed E-state index contributed by atoms with van der Waals surface area (Å²) < 4.78 is 26.4. The molecular weight excluding hydrogens is 204 g/mol. The number of nitrogens with zero attached hydrogens (tertiary/aromatic N) is 3. The summed E-state index contributed by atoms with van der Waals surface area (Å²) in [4.78, 5) is 9.17. The molecule has 4 nitrogen and oxygen atoms in total. The first-order valence-corrected chi connectivity index (χ1v) is 4.67. The predicted octanol–water partition coefficient (Wildman–Crippen LogP) is 0.683. The molecule has 1 fully saturated rings. The lowest BCUT2D eigenvalue weighted by atomic mass is 10.0. The van der Waals surface area contributed by atoms with Crippen molar-refractivity contribution in [2.75, 3.05) is 18.0 Å². The number of hydrogen-bond acceptors (Lipinski definition) is 4. The Morgan fingerprint density at radius 2 is 2.07 bits per heavy atom. The Bertz CT molecular complexity index is 333. The molecule has 1 aliphatic rings. The molecule has 0 bridgehead atoms. The third-order valence-corrected chi connectivity index (χ3v) is 2.40. The van der Waals surface area contributed by atoms with E-state index in [2.05, 4.69) is 9.97 Å². The van der Waals surface area contributed by atoms with Gasteiger partial charge in [-0.25, -0.2) is 18.7 Å². The Kier molecular flexibility index (Phi) is 2.52. The molecule has 0 amide bonds. The maximum atomic E-state index is 13.2. The number of aliphatic hydroxyl groups excluding tert-OH is 1. The van der Waals surface area contributed by atoms with Gasteiger partial charge in [0.2, 0.25) is 5.95 Å². The van der Waals surface area contributed by atoms with E-state index in [0.717, 1.165) is 0 Å². The molecule has 1 aromatic heterocycles. The minimum absolute atomic E-state index is 0.0330. The van der Waals surface area contributed by atoms with Crippen molar-refractivity contribution in [3.05, 3.63) is 18.5 Å². The zero-order chi connectivity index (χ0) is 10.9. The van der Waals surface area contributed by atoms with Gasteiger partial charge in [0.05, 0.1) is 6.54 Å². The molecule has 0 spiro atoms. The molecule has 1 unspecified atom stereocenters. The SMILES string of the molecule is OC1CCN(c2ncccn2)CC1(F)F. The highest BCUT2D eigenvalue weighted by Crippen LogP contribution is 2.28. The molecule has 2 rings (SSSR count). The lowest BCUT2D eigenvalue weighted by Crippen LogP contribution is -2.52. The van der Waals surface area contributed by atoms with Crippen molar-refractivity contribution in [1.82, 2.24) is 9.97 Å². The summed E-state index contributed by atoms with van der Waals surface area (Å²) in [5.74, 6) is -2.80. The van der Waals surface area contributed by atoms with Gasteiger partial charge in [-0.15, -0.1) is 0 Å². The van der Waals surface area contributed by atoms with Gasteiger partial charge in [0, 0.05) is 18.9 Å². The van der Waals surface area contributed by atoms with Crippen LogP contribution < -0.4 is 4.90 Å². The molecule has 1 N–H and O–H groups in total. The quantitative estimate of drug-likeness (QED) is 0.748. The second-order valence-electron chi connectivity index (χ2n) is 3.54. The molecule has 0 saturated carbocycles. The van der Waals surface area contributed by atoms with E-state index in [1.54, 1.807) is 6.07 Å². The van der Waals surface area contributed by atoms with Gasteiger partial charge in [0.25, 0.3) is 5.92 Å². The summed E-state index contributed by atoms with van der Waals surface area (Å²) >= 11 is 0. The molecule has 2 heterocycles. The Morgan fingerprint density at radius 3 is 2.67 bits per heavy atom. The summed E-state index contributed by atoms with van der Waals surface area (Å²) in [6.45, 7) is -0.182. The van der Waals surface area contributed by atoms with Crippen molar-refractivity contribution in [3.8, 4) is 0 Å². The van der Waals surface area contributed by atoms with Gasteiger partial charge in [-0.2, -0.15) is 0 Å². The van der Waals surface area contributed by atoms with Crippen LogP contribution in [0, 0.1) is 0 Å². The lowest BCUT2D eigenvalue weighted by Gasteiger charge is -2.35. The van der Waals surface area contributed by atoms with Crippen molar-refractivity contribution in [3.63, 3.8) is 0 Å². The van der Waals surface area contributed by atoms with Crippen LogP contribution in [0.5, 0.6) is 0 Å². The lowest BCUT2D eigenvalue weighted by molar-refractivity contribution is -0.113. The van der Waals surface area contributed by atoms with Gasteiger partial charge in [0.1, 0.15) is 6.10 Å². The van der Waals surface area contributed by atoms with E-state index in [-0.39, 0.29) is 12.4 Å². The minimum Gasteiger partial charge on any atom is -0.387 e. The van der Waals surface area contributed by atoms with E-state index in [1.807, 2.05) is 0 Å². The van der Waals surface area contributed by atoms with Crippen LogP contribution >= 0.6 is 0 Å². The van der Waals surface area contributed by atoms with Crippen molar-refractivity contribution >= 4 is 5.95 Å². The maximum absolute atomic E-state index is 13.2. The van der Waals surface area contributed by atoms with E-state index in [4.69, 9.17) is 5.11 Å². The van der Waals surface area contributed by atoms with Crippen LogP contribution in [-0.4, -0.2) is 40.2 Å². The monoisotopic (exact) mass is 215 g/mol. The number of halogens is 2. The first kappa shape index (κ1) is 10.2. The zero-order valence-electron chi connectivity index (χ0n) is 7.98. The van der Waals surface area contributed by atoms with E-state index >= 15 is 0 Å². The van der Waals surface area contributed by atoms with Crippen LogP contribution in [-0.2, 0) is 0 Å². The Labute approximate surface area is 85.6 Å². The third kappa shape index (κ3) is 2.04. The smallest absolute Gasteiger partial charge is 0.290 e. The van der Waals surface area contributed by atoms with E-state index in [0.29, 0.717) is 6.54 Å². The predicted molar refractivity (Wildman–Crippen MR) is 49.8 cm³/mol. The van der Waals surface area contributed by atoms with E-state index in [1.165, 1.54) is 17.3 Å². The number of rotatable bonds is 1. The minimum atomic E-state index is -3.09. The van der Waals surface area contributed by atoms with Gasteiger partial charge in [-0.3, -0.25) is 0 Å². The number of alkyl halides is 2. The third-order valence-electron chi connectivity index (χ3n) is 2.40. The van der Waals surface area contributed by atoms with Gasteiger partial charge >= 0.3 is 0 Å². The van der Waals surface area contributed by atoms with Crippen molar-refractivity contribution in [2.45, 2.75) is 18.4 Å². The number of piperidine rings is 1. The maximum Gasteiger partial charge on any atom is 0.290 e. The van der Waals surface area contributed by atoms with E-state index < -0.39 is 18.6 Å². The van der Waals surface area contributed by atoms with Crippen LogP contribution in [0.2, 0.25) is 0 Å². The molecule has 1 aromatic rings. The summed E-state index contributed by atoms with van der Waals surface area (Å²) in [5, 5.41) is 9.08. The molecule has 0 radical (unpaired) electrons.